The zero-order valence-corrected chi connectivity index (χ0v) is 11.9. The second-order valence-electron chi connectivity index (χ2n) is 5.34. The van der Waals surface area contributed by atoms with Crippen molar-refractivity contribution in [2.24, 2.45) is 11.7 Å². The normalized spacial score (nSPS) is 18.4. The van der Waals surface area contributed by atoms with Gasteiger partial charge in [-0.05, 0) is 44.9 Å². The molecule has 3 nitrogen and oxygen atoms in total. The number of halogens is 1. The average molecular weight is 266 g/mol. The minimum atomic E-state index is -0.217. The van der Waals surface area contributed by atoms with Crippen molar-refractivity contribution in [1.29, 1.82) is 0 Å². The molecule has 1 aromatic rings. The molecule has 2 atom stereocenters. The number of benzene rings is 1. The molecule has 2 unspecified atom stereocenters. The molecule has 1 saturated carbocycles. The molecular formula is C15H23FN2O. The van der Waals surface area contributed by atoms with Crippen LogP contribution >= 0.6 is 0 Å². The first-order valence-corrected chi connectivity index (χ1v) is 6.84. The maximum Gasteiger partial charge on any atom is 0.131 e. The van der Waals surface area contributed by atoms with E-state index in [1.807, 2.05) is 14.0 Å². The SMILES string of the molecule is COc1cccc(F)c1C(C)N(C)C(CN)C1CC1. The minimum Gasteiger partial charge on any atom is -0.496 e. The highest BCUT2D eigenvalue weighted by atomic mass is 19.1. The summed E-state index contributed by atoms with van der Waals surface area (Å²) in [7, 11) is 3.60. The summed E-state index contributed by atoms with van der Waals surface area (Å²) in [6.07, 6.45) is 2.46. The molecule has 0 heterocycles. The first-order chi connectivity index (χ1) is 9.10. The Balaban J connectivity index is 2.25. The molecule has 0 amide bonds. The van der Waals surface area contributed by atoms with Gasteiger partial charge in [0.25, 0.3) is 0 Å². The number of ether oxygens (including phenoxy) is 1. The molecule has 1 aromatic carbocycles. The van der Waals surface area contributed by atoms with Crippen LogP contribution in [0.5, 0.6) is 5.75 Å². The van der Waals surface area contributed by atoms with Crippen LogP contribution in [0, 0.1) is 11.7 Å². The largest absolute Gasteiger partial charge is 0.496 e. The Morgan fingerprint density at radius 3 is 2.68 bits per heavy atom. The molecule has 0 aliphatic heterocycles. The van der Waals surface area contributed by atoms with E-state index in [0.717, 1.165) is 0 Å². The Kier molecular flexibility index (Phi) is 4.42. The van der Waals surface area contributed by atoms with Gasteiger partial charge in [0, 0.05) is 24.2 Å². The van der Waals surface area contributed by atoms with Crippen molar-refractivity contribution >= 4 is 0 Å². The van der Waals surface area contributed by atoms with Gasteiger partial charge in [-0.2, -0.15) is 0 Å². The van der Waals surface area contributed by atoms with Crippen LogP contribution in [0.3, 0.4) is 0 Å². The lowest BCUT2D eigenvalue weighted by atomic mass is 10.0. The number of nitrogens with zero attached hydrogens (tertiary/aromatic N) is 1. The molecule has 1 aliphatic carbocycles. The second-order valence-corrected chi connectivity index (χ2v) is 5.34. The molecule has 1 aliphatic rings. The second kappa shape index (κ2) is 5.88. The fourth-order valence-electron chi connectivity index (χ4n) is 2.76. The van der Waals surface area contributed by atoms with Crippen molar-refractivity contribution < 1.29 is 9.13 Å². The van der Waals surface area contributed by atoms with E-state index in [4.69, 9.17) is 10.5 Å². The summed E-state index contributed by atoms with van der Waals surface area (Å²) < 4.78 is 19.4. The number of hydrogen-bond donors (Lipinski definition) is 1. The van der Waals surface area contributed by atoms with Crippen molar-refractivity contribution in [1.82, 2.24) is 4.90 Å². The minimum absolute atomic E-state index is 0.0506. The highest BCUT2D eigenvalue weighted by Crippen LogP contribution is 2.39. The van der Waals surface area contributed by atoms with Gasteiger partial charge in [0.1, 0.15) is 11.6 Å². The molecule has 1 fully saturated rings. The average Bonchev–Trinajstić information content (AvgIpc) is 3.23. The Morgan fingerprint density at radius 1 is 1.47 bits per heavy atom. The number of likely N-dealkylation sites (N-methyl/N-ethyl adjacent to an activating group) is 1. The molecule has 2 N–H and O–H groups in total. The van der Waals surface area contributed by atoms with Gasteiger partial charge in [0.2, 0.25) is 0 Å². The van der Waals surface area contributed by atoms with Gasteiger partial charge in [0.05, 0.1) is 7.11 Å². The van der Waals surface area contributed by atoms with Gasteiger partial charge >= 0.3 is 0 Å². The molecular weight excluding hydrogens is 243 g/mol. The Bertz CT molecular complexity index is 434. The molecule has 0 bridgehead atoms. The number of nitrogens with two attached hydrogens (primary N) is 1. The fraction of sp³-hybridized carbons (Fsp3) is 0.600. The first-order valence-electron chi connectivity index (χ1n) is 6.84. The van der Waals surface area contributed by atoms with Gasteiger partial charge in [-0.25, -0.2) is 4.39 Å². The van der Waals surface area contributed by atoms with E-state index in [1.165, 1.54) is 18.9 Å². The van der Waals surface area contributed by atoms with Crippen LogP contribution in [-0.4, -0.2) is 31.6 Å². The van der Waals surface area contributed by atoms with Gasteiger partial charge in [-0.15, -0.1) is 0 Å². The summed E-state index contributed by atoms with van der Waals surface area (Å²) in [4.78, 5) is 2.18. The predicted octanol–water partition coefficient (Wildman–Crippen LogP) is 2.56. The van der Waals surface area contributed by atoms with Crippen LogP contribution in [0.25, 0.3) is 0 Å². The van der Waals surface area contributed by atoms with E-state index in [1.54, 1.807) is 19.2 Å². The molecule has 19 heavy (non-hydrogen) atoms. The monoisotopic (exact) mass is 266 g/mol. The van der Waals surface area contributed by atoms with Crippen LogP contribution in [0.1, 0.15) is 31.4 Å². The number of methoxy groups -OCH3 is 1. The quantitative estimate of drug-likeness (QED) is 0.860. The summed E-state index contributed by atoms with van der Waals surface area (Å²) >= 11 is 0. The summed E-state index contributed by atoms with van der Waals surface area (Å²) in [5.41, 5.74) is 6.49. The fourth-order valence-corrected chi connectivity index (χ4v) is 2.76. The van der Waals surface area contributed by atoms with Gasteiger partial charge < -0.3 is 10.5 Å². The third-order valence-corrected chi connectivity index (χ3v) is 4.19. The standard InChI is InChI=1S/C15H23FN2O/c1-10(18(2)13(9-17)11-7-8-11)15-12(16)5-4-6-14(15)19-3/h4-6,10-11,13H,7-9,17H2,1-3H3. The Hall–Kier alpha value is -1.13. The van der Waals surface area contributed by atoms with Crippen molar-refractivity contribution in [2.75, 3.05) is 20.7 Å². The van der Waals surface area contributed by atoms with Crippen LogP contribution in [0.4, 0.5) is 4.39 Å². The van der Waals surface area contributed by atoms with Gasteiger partial charge in [-0.1, -0.05) is 6.07 Å². The molecule has 4 heteroatoms. The zero-order chi connectivity index (χ0) is 14.0. The maximum atomic E-state index is 14.1. The highest BCUT2D eigenvalue weighted by molar-refractivity contribution is 5.37. The molecule has 0 radical (unpaired) electrons. The van der Waals surface area contributed by atoms with E-state index in [0.29, 0.717) is 29.8 Å². The number of hydrogen-bond acceptors (Lipinski definition) is 3. The van der Waals surface area contributed by atoms with Crippen LogP contribution in [0.15, 0.2) is 18.2 Å². The molecule has 0 aromatic heterocycles. The maximum absolute atomic E-state index is 14.1. The van der Waals surface area contributed by atoms with Crippen LogP contribution in [-0.2, 0) is 0 Å². The number of rotatable bonds is 6. The lowest BCUT2D eigenvalue weighted by Gasteiger charge is -2.33. The van der Waals surface area contributed by atoms with Crippen molar-refractivity contribution in [3.05, 3.63) is 29.6 Å². The van der Waals surface area contributed by atoms with Gasteiger partial charge in [-0.3, -0.25) is 4.90 Å². The van der Waals surface area contributed by atoms with Gasteiger partial charge in [0.15, 0.2) is 0 Å². The highest BCUT2D eigenvalue weighted by Gasteiger charge is 2.35. The smallest absolute Gasteiger partial charge is 0.131 e. The van der Waals surface area contributed by atoms with Crippen molar-refractivity contribution in [2.45, 2.75) is 31.8 Å². The summed E-state index contributed by atoms with van der Waals surface area (Å²) in [5.74, 6) is 1.05. The summed E-state index contributed by atoms with van der Waals surface area (Å²) in [5, 5.41) is 0. The lowest BCUT2D eigenvalue weighted by molar-refractivity contribution is 0.164. The molecule has 0 spiro atoms. The summed E-state index contributed by atoms with van der Waals surface area (Å²) in [6, 6.07) is 5.23. The van der Waals surface area contributed by atoms with Crippen LogP contribution in [0.2, 0.25) is 0 Å². The predicted molar refractivity (Wildman–Crippen MR) is 74.7 cm³/mol. The molecule has 0 saturated heterocycles. The molecule has 106 valence electrons. The first kappa shape index (κ1) is 14.3. The summed E-state index contributed by atoms with van der Waals surface area (Å²) in [6.45, 7) is 2.62. The van der Waals surface area contributed by atoms with Crippen LogP contribution < -0.4 is 10.5 Å². The Labute approximate surface area is 114 Å². The van der Waals surface area contributed by atoms with Crippen molar-refractivity contribution in [3.63, 3.8) is 0 Å². The Morgan fingerprint density at radius 2 is 2.16 bits per heavy atom. The van der Waals surface area contributed by atoms with Crippen molar-refractivity contribution in [3.8, 4) is 5.75 Å². The van der Waals surface area contributed by atoms with E-state index in [-0.39, 0.29) is 11.9 Å². The van der Waals surface area contributed by atoms with E-state index >= 15 is 0 Å². The lowest BCUT2D eigenvalue weighted by Crippen LogP contribution is -2.41. The molecule has 2 rings (SSSR count). The van der Waals surface area contributed by atoms with E-state index in [9.17, 15) is 4.39 Å². The van der Waals surface area contributed by atoms with E-state index < -0.39 is 0 Å². The topological polar surface area (TPSA) is 38.5 Å². The third-order valence-electron chi connectivity index (χ3n) is 4.19. The zero-order valence-electron chi connectivity index (χ0n) is 11.9. The third kappa shape index (κ3) is 2.90. The van der Waals surface area contributed by atoms with E-state index in [2.05, 4.69) is 4.90 Å².